The Morgan fingerprint density at radius 2 is 1.96 bits per heavy atom. The third kappa shape index (κ3) is 7.22. The largest absolute Gasteiger partial charge is 0.491 e. The summed E-state index contributed by atoms with van der Waals surface area (Å²) in [6, 6.07) is 6.92. The monoisotopic (exact) mass is 344 g/mol. The van der Waals surface area contributed by atoms with Gasteiger partial charge in [-0.3, -0.25) is 4.79 Å². The molecule has 23 heavy (non-hydrogen) atoms. The molecule has 0 saturated heterocycles. The van der Waals surface area contributed by atoms with E-state index < -0.39 is 18.2 Å². The number of hydrogen-bond acceptors (Lipinski definition) is 7. The summed E-state index contributed by atoms with van der Waals surface area (Å²) in [7, 11) is 0. The minimum Gasteiger partial charge on any atom is -0.491 e. The maximum Gasteiger partial charge on any atom is 0.315 e. The molecule has 1 aromatic carbocycles. The highest BCUT2D eigenvalue weighted by Gasteiger charge is 2.21. The Morgan fingerprint density at radius 3 is 2.52 bits per heavy atom. The lowest BCUT2D eigenvalue weighted by molar-refractivity contribution is -0.142. The molecule has 7 heteroatoms. The highest BCUT2D eigenvalue weighted by molar-refractivity contribution is 7.81. The van der Waals surface area contributed by atoms with E-state index in [9.17, 15) is 9.90 Å². The first-order valence-corrected chi connectivity index (χ1v) is 8.15. The van der Waals surface area contributed by atoms with E-state index in [-0.39, 0.29) is 25.6 Å². The molecule has 0 saturated carbocycles. The number of carbonyl (C=O) groups excluding carboxylic acids is 1. The van der Waals surface area contributed by atoms with E-state index >= 15 is 0 Å². The second kappa shape index (κ2) is 11.3. The van der Waals surface area contributed by atoms with Gasteiger partial charge in [0.15, 0.2) is 0 Å². The SMILES string of the molecule is CCO[C@H](CCOC(=O)CS)[C@H](O)c1ccc(OCCO)cc1. The van der Waals surface area contributed by atoms with E-state index in [0.29, 0.717) is 24.3 Å². The minimum absolute atomic E-state index is 0.0250. The first-order chi connectivity index (χ1) is 11.1. The number of carbonyl (C=O) groups is 1. The normalized spacial score (nSPS) is 13.4. The number of aliphatic hydroxyl groups excluding tert-OH is 2. The predicted octanol–water partition coefficient (Wildman–Crippen LogP) is 1.36. The molecule has 130 valence electrons. The Labute approximate surface area is 141 Å². The molecule has 0 fully saturated rings. The third-order valence-corrected chi connectivity index (χ3v) is 3.37. The van der Waals surface area contributed by atoms with Gasteiger partial charge in [0.05, 0.1) is 25.1 Å². The van der Waals surface area contributed by atoms with Crippen molar-refractivity contribution in [1.82, 2.24) is 0 Å². The van der Waals surface area contributed by atoms with E-state index in [1.54, 1.807) is 24.3 Å². The van der Waals surface area contributed by atoms with Crippen molar-refractivity contribution in [1.29, 1.82) is 0 Å². The van der Waals surface area contributed by atoms with Crippen LogP contribution in [0.3, 0.4) is 0 Å². The average molecular weight is 344 g/mol. The Bertz CT molecular complexity index is 450. The molecule has 2 N–H and O–H groups in total. The maximum absolute atomic E-state index is 11.1. The van der Waals surface area contributed by atoms with Crippen LogP contribution in [0.2, 0.25) is 0 Å². The molecule has 1 rings (SSSR count). The molecular formula is C16H24O6S. The zero-order valence-corrected chi connectivity index (χ0v) is 14.1. The summed E-state index contributed by atoms with van der Waals surface area (Å²) in [5.74, 6) is 0.242. The molecule has 0 aromatic heterocycles. The molecule has 0 bridgehead atoms. The lowest BCUT2D eigenvalue weighted by atomic mass is 10.0. The summed E-state index contributed by atoms with van der Waals surface area (Å²) < 4.78 is 15.8. The van der Waals surface area contributed by atoms with Crippen molar-refractivity contribution in [2.75, 3.05) is 32.2 Å². The summed E-state index contributed by atoms with van der Waals surface area (Å²) in [4.78, 5) is 11.1. The van der Waals surface area contributed by atoms with Gasteiger partial charge in [-0.15, -0.1) is 0 Å². The Kier molecular flexibility index (Phi) is 9.70. The topological polar surface area (TPSA) is 85.2 Å². The van der Waals surface area contributed by atoms with Crippen LogP contribution in [-0.4, -0.2) is 54.5 Å². The van der Waals surface area contributed by atoms with Crippen LogP contribution in [0.4, 0.5) is 0 Å². The quantitative estimate of drug-likeness (QED) is 0.415. The predicted molar refractivity (Wildman–Crippen MR) is 88.8 cm³/mol. The van der Waals surface area contributed by atoms with Crippen LogP contribution in [0.25, 0.3) is 0 Å². The molecular weight excluding hydrogens is 320 g/mol. The molecule has 0 spiro atoms. The second-order valence-corrected chi connectivity index (χ2v) is 5.06. The third-order valence-electron chi connectivity index (χ3n) is 3.11. The van der Waals surface area contributed by atoms with Crippen LogP contribution in [0.15, 0.2) is 24.3 Å². The van der Waals surface area contributed by atoms with Crippen molar-refractivity contribution in [3.63, 3.8) is 0 Å². The van der Waals surface area contributed by atoms with Crippen LogP contribution in [0.1, 0.15) is 25.0 Å². The number of aliphatic hydroxyl groups is 2. The molecule has 0 aliphatic rings. The maximum atomic E-state index is 11.1. The molecule has 0 aliphatic heterocycles. The van der Waals surface area contributed by atoms with Gasteiger partial charge in [0.1, 0.15) is 18.5 Å². The van der Waals surface area contributed by atoms with Gasteiger partial charge in [-0.2, -0.15) is 12.6 Å². The van der Waals surface area contributed by atoms with Crippen molar-refractivity contribution in [2.24, 2.45) is 0 Å². The van der Waals surface area contributed by atoms with Crippen molar-refractivity contribution in [3.05, 3.63) is 29.8 Å². The molecule has 2 atom stereocenters. The van der Waals surface area contributed by atoms with Gasteiger partial charge in [0, 0.05) is 13.0 Å². The highest BCUT2D eigenvalue weighted by atomic mass is 32.1. The highest BCUT2D eigenvalue weighted by Crippen LogP contribution is 2.24. The smallest absolute Gasteiger partial charge is 0.315 e. The Morgan fingerprint density at radius 1 is 1.26 bits per heavy atom. The molecule has 0 unspecified atom stereocenters. The zero-order valence-electron chi connectivity index (χ0n) is 13.2. The molecule has 1 aromatic rings. The van der Waals surface area contributed by atoms with Gasteiger partial charge in [0.2, 0.25) is 0 Å². The van der Waals surface area contributed by atoms with Gasteiger partial charge in [0.25, 0.3) is 0 Å². The lowest BCUT2D eigenvalue weighted by Gasteiger charge is -2.23. The average Bonchev–Trinajstić information content (AvgIpc) is 2.58. The van der Waals surface area contributed by atoms with Gasteiger partial charge < -0.3 is 24.4 Å². The van der Waals surface area contributed by atoms with Gasteiger partial charge in [-0.05, 0) is 24.6 Å². The molecule has 0 aliphatic carbocycles. The van der Waals surface area contributed by atoms with Crippen LogP contribution < -0.4 is 4.74 Å². The number of ether oxygens (including phenoxy) is 3. The van der Waals surface area contributed by atoms with Gasteiger partial charge >= 0.3 is 5.97 Å². The lowest BCUT2D eigenvalue weighted by Crippen LogP contribution is -2.25. The van der Waals surface area contributed by atoms with E-state index in [0.717, 1.165) is 0 Å². The van der Waals surface area contributed by atoms with Crippen LogP contribution in [-0.2, 0) is 14.3 Å². The molecule has 0 amide bonds. The standard InChI is InChI=1S/C16H24O6S/c1-2-20-14(7-9-22-15(18)11-23)16(19)12-3-5-13(6-4-12)21-10-8-17/h3-6,14,16-17,19,23H,2,7-11H2,1H3/t14-,16-/m1/s1. The minimum atomic E-state index is -0.837. The number of hydrogen-bond donors (Lipinski definition) is 3. The number of thiol groups is 1. The Hall–Kier alpha value is -1.28. The van der Waals surface area contributed by atoms with E-state index in [4.69, 9.17) is 19.3 Å². The van der Waals surface area contributed by atoms with Crippen molar-refractivity contribution in [2.45, 2.75) is 25.6 Å². The summed E-state index contributed by atoms with van der Waals surface area (Å²) >= 11 is 3.83. The van der Waals surface area contributed by atoms with Crippen LogP contribution in [0, 0.1) is 0 Å². The summed E-state index contributed by atoms with van der Waals surface area (Å²) in [5.41, 5.74) is 0.681. The van der Waals surface area contributed by atoms with E-state index in [1.165, 1.54) is 0 Å². The van der Waals surface area contributed by atoms with Gasteiger partial charge in [-0.1, -0.05) is 12.1 Å². The second-order valence-electron chi connectivity index (χ2n) is 4.75. The fraction of sp³-hybridized carbons (Fsp3) is 0.562. The van der Waals surface area contributed by atoms with E-state index in [2.05, 4.69) is 12.6 Å². The summed E-state index contributed by atoms with van der Waals surface area (Å²) in [5, 5.41) is 19.2. The molecule has 0 heterocycles. The van der Waals surface area contributed by atoms with Crippen LogP contribution >= 0.6 is 12.6 Å². The fourth-order valence-electron chi connectivity index (χ4n) is 2.02. The number of esters is 1. The fourth-order valence-corrected chi connectivity index (χ4v) is 2.11. The molecule has 0 radical (unpaired) electrons. The number of benzene rings is 1. The van der Waals surface area contributed by atoms with E-state index in [1.807, 2.05) is 6.92 Å². The van der Waals surface area contributed by atoms with Crippen molar-refractivity contribution >= 4 is 18.6 Å². The van der Waals surface area contributed by atoms with Crippen LogP contribution in [0.5, 0.6) is 5.75 Å². The molecule has 6 nitrogen and oxygen atoms in total. The number of rotatable bonds is 11. The first-order valence-electron chi connectivity index (χ1n) is 7.52. The van der Waals surface area contributed by atoms with Crippen molar-refractivity contribution < 1.29 is 29.2 Å². The van der Waals surface area contributed by atoms with Gasteiger partial charge in [-0.25, -0.2) is 0 Å². The summed E-state index contributed by atoms with van der Waals surface area (Å²) in [6.07, 6.45) is -0.925. The Balaban J connectivity index is 2.61. The first kappa shape index (κ1) is 19.8. The zero-order chi connectivity index (χ0) is 17.1. The van der Waals surface area contributed by atoms with Crippen molar-refractivity contribution in [3.8, 4) is 5.75 Å². The summed E-state index contributed by atoms with van der Waals surface area (Å²) in [6.45, 7) is 2.62.